The van der Waals surface area contributed by atoms with Gasteiger partial charge >= 0.3 is 0 Å². The molecule has 45 heavy (non-hydrogen) atoms. The summed E-state index contributed by atoms with van der Waals surface area (Å²) < 4.78 is 6.01. The number of amides is 2. The van der Waals surface area contributed by atoms with Crippen LogP contribution in [-0.4, -0.2) is 23.2 Å². The normalized spacial score (nSPS) is 16.4. The molecule has 0 fully saturated rings. The summed E-state index contributed by atoms with van der Waals surface area (Å²) in [6.45, 7) is 7.64. The molecule has 0 radical (unpaired) electrons. The van der Waals surface area contributed by atoms with Crippen molar-refractivity contribution < 1.29 is 14.3 Å². The van der Waals surface area contributed by atoms with E-state index in [0.717, 1.165) is 33.9 Å². The molecular formula is C36H32N6O3. The number of benzene rings is 4. The minimum atomic E-state index is -0.180. The zero-order valence-electron chi connectivity index (χ0n) is 25.4. The molecule has 0 bridgehead atoms. The topological polar surface area (TPSA) is 98.6 Å². The minimum Gasteiger partial charge on any atom is -0.457 e. The van der Waals surface area contributed by atoms with Crippen LogP contribution < -0.4 is 25.4 Å². The fourth-order valence-corrected chi connectivity index (χ4v) is 4.78. The van der Waals surface area contributed by atoms with Gasteiger partial charge in [0.15, 0.2) is 0 Å². The highest BCUT2D eigenvalue weighted by molar-refractivity contribution is 6.30. The molecule has 2 aliphatic rings. The maximum absolute atomic E-state index is 13.0. The van der Waals surface area contributed by atoms with E-state index in [-0.39, 0.29) is 11.8 Å². The zero-order chi connectivity index (χ0) is 31.5. The Morgan fingerprint density at radius 3 is 1.24 bits per heavy atom. The van der Waals surface area contributed by atoms with Crippen LogP contribution in [0.4, 0.5) is 22.7 Å². The van der Waals surface area contributed by atoms with Crippen LogP contribution in [-0.2, 0) is 9.59 Å². The van der Waals surface area contributed by atoms with Gasteiger partial charge in [-0.2, -0.15) is 20.2 Å². The Bertz CT molecular complexity index is 1730. The quantitative estimate of drug-likeness (QED) is 0.205. The fraction of sp³-hybridized carbons (Fsp3) is 0.111. The maximum atomic E-state index is 13.0. The predicted octanol–water partition coefficient (Wildman–Crippen LogP) is 7.53. The lowest BCUT2D eigenvalue weighted by molar-refractivity contribution is -0.115. The van der Waals surface area contributed by atoms with E-state index in [9.17, 15) is 9.59 Å². The third-order valence-electron chi connectivity index (χ3n) is 7.39. The van der Waals surface area contributed by atoms with Gasteiger partial charge in [-0.3, -0.25) is 9.59 Å². The van der Waals surface area contributed by atoms with Gasteiger partial charge < -0.3 is 15.4 Å². The molecule has 0 spiro atoms. The van der Waals surface area contributed by atoms with Gasteiger partial charge in [0.2, 0.25) is 0 Å². The molecular weight excluding hydrogens is 564 g/mol. The van der Waals surface area contributed by atoms with Crippen LogP contribution in [0.15, 0.2) is 131 Å². The van der Waals surface area contributed by atoms with Crippen LogP contribution >= 0.6 is 0 Å². The van der Waals surface area contributed by atoms with Gasteiger partial charge in [0.25, 0.3) is 11.8 Å². The SMILES string of the molecule is CC1=NN(c2ccc(C)cc2)C(=O)/C1=C/Nc1ccc(Oc2ccc(N/C=C3/C(=O)N(c4ccc(C)cc4)N=C3C)cc2)cc1. The van der Waals surface area contributed by atoms with Gasteiger partial charge in [0, 0.05) is 23.8 Å². The summed E-state index contributed by atoms with van der Waals surface area (Å²) in [5, 5.41) is 18.1. The van der Waals surface area contributed by atoms with Crippen molar-refractivity contribution in [3.05, 3.63) is 132 Å². The second kappa shape index (κ2) is 12.3. The molecule has 4 aromatic carbocycles. The first-order chi connectivity index (χ1) is 21.7. The molecule has 0 saturated heterocycles. The number of carbonyl (C=O) groups excluding carboxylic acids is 2. The largest absolute Gasteiger partial charge is 0.457 e. The maximum Gasteiger partial charge on any atom is 0.282 e. The van der Waals surface area contributed by atoms with Gasteiger partial charge in [-0.15, -0.1) is 0 Å². The number of ether oxygens (including phenoxy) is 1. The summed E-state index contributed by atoms with van der Waals surface area (Å²) in [5.74, 6) is 0.965. The lowest BCUT2D eigenvalue weighted by atomic mass is 10.2. The summed E-state index contributed by atoms with van der Waals surface area (Å²) in [7, 11) is 0. The number of hydrogen-bond donors (Lipinski definition) is 2. The van der Waals surface area contributed by atoms with E-state index >= 15 is 0 Å². The monoisotopic (exact) mass is 596 g/mol. The number of hydrogen-bond acceptors (Lipinski definition) is 7. The second-order valence-corrected chi connectivity index (χ2v) is 10.8. The van der Waals surface area contributed by atoms with Gasteiger partial charge in [0.1, 0.15) is 11.5 Å². The van der Waals surface area contributed by atoms with Crippen molar-refractivity contribution in [2.24, 2.45) is 10.2 Å². The number of aryl methyl sites for hydroxylation is 2. The minimum absolute atomic E-state index is 0.180. The van der Waals surface area contributed by atoms with Gasteiger partial charge in [-0.1, -0.05) is 35.4 Å². The Balaban J connectivity index is 1.04. The Kier molecular flexibility index (Phi) is 7.99. The van der Waals surface area contributed by atoms with Crippen LogP contribution in [0, 0.1) is 13.8 Å². The van der Waals surface area contributed by atoms with Gasteiger partial charge in [-0.25, -0.2) is 0 Å². The standard InChI is InChI=1S/C36H32N6O3/c1-23-5-13-29(14-6-23)41-35(43)33(25(3)39-41)21-37-27-9-17-31(18-10-27)45-32-19-11-28(12-20-32)38-22-34-26(4)40-42(36(34)44)30-15-7-24(2)8-16-30/h5-22,37-38H,1-4H3/b33-21+,34-22+. The zero-order valence-corrected chi connectivity index (χ0v) is 25.4. The summed E-state index contributed by atoms with van der Waals surface area (Å²) in [6, 6.07) is 30.3. The molecule has 0 aliphatic carbocycles. The van der Waals surface area contributed by atoms with Crippen molar-refractivity contribution in [1.29, 1.82) is 0 Å². The Labute approximate surface area is 261 Å². The fourth-order valence-electron chi connectivity index (χ4n) is 4.78. The molecule has 9 nitrogen and oxygen atoms in total. The first-order valence-electron chi connectivity index (χ1n) is 14.5. The number of nitrogens with one attached hydrogen (secondary N) is 2. The molecule has 0 atom stereocenters. The molecule has 6 rings (SSSR count). The van der Waals surface area contributed by atoms with Crippen LogP contribution in [0.1, 0.15) is 25.0 Å². The molecule has 224 valence electrons. The molecule has 0 aromatic heterocycles. The van der Waals surface area contributed by atoms with Crippen molar-refractivity contribution in [3.63, 3.8) is 0 Å². The number of carbonyl (C=O) groups is 2. The first kappa shape index (κ1) is 29.1. The molecule has 2 aliphatic heterocycles. The average Bonchev–Trinajstić information content (AvgIpc) is 3.49. The van der Waals surface area contributed by atoms with Gasteiger partial charge in [-0.05, 0) is 100 Å². The average molecular weight is 597 g/mol. The lowest BCUT2D eigenvalue weighted by Crippen LogP contribution is -2.21. The highest BCUT2D eigenvalue weighted by atomic mass is 16.5. The summed E-state index contributed by atoms with van der Waals surface area (Å²) in [6.07, 6.45) is 3.36. The van der Waals surface area contributed by atoms with Crippen LogP contribution in [0.5, 0.6) is 11.5 Å². The van der Waals surface area contributed by atoms with Crippen LogP contribution in [0.2, 0.25) is 0 Å². The molecule has 9 heteroatoms. The third kappa shape index (κ3) is 6.37. The van der Waals surface area contributed by atoms with E-state index in [0.29, 0.717) is 34.1 Å². The molecule has 2 heterocycles. The van der Waals surface area contributed by atoms with Crippen molar-refractivity contribution in [2.45, 2.75) is 27.7 Å². The van der Waals surface area contributed by atoms with Crippen LogP contribution in [0.25, 0.3) is 0 Å². The van der Waals surface area contributed by atoms with Crippen LogP contribution in [0.3, 0.4) is 0 Å². The first-order valence-corrected chi connectivity index (χ1v) is 14.5. The lowest BCUT2D eigenvalue weighted by Gasteiger charge is -2.12. The Hall–Kier alpha value is -5.96. The second-order valence-electron chi connectivity index (χ2n) is 10.8. The summed E-state index contributed by atoms with van der Waals surface area (Å²) in [5.41, 5.74) is 7.60. The highest BCUT2D eigenvalue weighted by Gasteiger charge is 2.29. The van der Waals surface area contributed by atoms with E-state index in [1.165, 1.54) is 10.0 Å². The summed E-state index contributed by atoms with van der Waals surface area (Å²) >= 11 is 0. The van der Waals surface area contributed by atoms with E-state index in [4.69, 9.17) is 4.74 Å². The van der Waals surface area contributed by atoms with Crippen molar-refractivity contribution >= 4 is 46.0 Å². The number of nitrogens with zero attached hydrogens (tertiary/aromatic N) is 4. The number of rotatable bonds is 8. The van der Waals surface area contributed by atoms with E-state index in [1.807, 2.05) is 125 Å². The third-order valence-corrected chi connectivity index (χ3v) is 7.39. The molecule has 2 N–H and O–H groups in total. The van der Waals surface area contributed by atoms with Gasteiger partial charge in [0.05, 0.1) is 33.9 Å². The van der Waals surface area contributed by atoms with Crippen molar-refractivity contribution in [3.8, 4) is 11.5 Å². The van der Waals surface area contributed by atoms with Crippen molar-refractivity contribution in [1.82, 2.24) is 0 Å². The van der Waals surface area contributed by atoms with E-state index in [1.54, 1.807) is 12.4 Å². The molecule has 0 saturated carbocycles. The molecule has 2 amide bonds. The van der Waals surface area contributed by atoms with E-state index < -0.39 is 0 Å². The Morgan fingerprint density at radius 1 is 0.533 bits per heavy atom. The molecule has 0 unspecified atom stereocenters. The highest BCUT2D eigenvalue weighted by Crippen LogP contribution is 2.28. The number of hydrazone groups is 2. The van der Waals surface area contributed by atoms with E-state index in [2.05, 4.69) is 20.8 Å². The summed E-state index contributed by atoms with van der Waals surface area (Å²) in [4.78, 5) is 25.9. The smallest absolute Gasteiger partial charge is 0.282 e. The number of anilines is 4. The molecule has 4 aromatic rings. The predicted molar refractivity (Wildman–Crippen MR) is 180 cm³/mol. The van der Waals surface area contributed by atoms with Crippen molar-refractivity contribution in [2.75, 3.05) is 20.7 Å². The Morgan fingerprint density at radius 2 is 0.889 bits per heavy atom.